The molecule has 5 heteroatoms. The number of nitrogens with zero attached hydrogens (tertiary/aromatic N) is 1. The molecule has 1 aliphatic heterocycles. The van der Waals surface area contributed by atoms with Gasteiger partial charge in [-0.05, 0) is 57.8 Å². The summed E-state index contributed by atoms with van der Waals surface area (Å²) in [6, 6.07) is 4.61. The highest BCUT2D eigenvalue weighted by Crippen LogP contribution is 2.25. The standard InChI is InChI=1S/C16H25N3O2/c1-2-21-14-10-12(11-14)18-16(20)15-4-3-9-19(15)13-5-7-17-8-6-13/h3-4,9,12-14,17H,2,5-8,10-11H2,1H3,(H,18,20). The van der Waals surface area contributed by atoms with Gasteiger partial charge < -0.3 is 19.9 Å². The Hall–Kier alpha value is -1.33. The van der Waals surface area contributed by atoms with E-state index in [9.17, 15) is 4.79 Å². The Bertz CT molecular complexity index is 474. The van der Waals surface area contributed by atoms with Crippen LogP contribution in [0.1, 0.15) is 49.1 Å². The van der Waals surface area contributed by atoms with Gasteiger partial charge in [0.2, 0.25) is 0 Å². The summed E-state index contributed by atoms with van der Waals surface area (Å²) in [6.07, 6.45) is 6.42. The van der Waals surface area contributed by atoms with Crippen molar-refractivity contribution in [3.05, 3.63) is 24.0 Å². The number of aromatic nitrogens is 1. The smallest absolute Gasteiger partial charge is 0.268 e. The molecule has 0 unspecified atom stereocenters. The number of hydrogen-bond acceptors (Lipinski definition) is 3. The van der Waals surface area contributed by atoms with E-state index in [0.29, 0.717) is 12.1 Å². The molecule has 1 amide bonds. The average Bonchev–Trinajstić information content (AvgIpc) is 2.95. The van der Waals surface area contributed by atoms with Gasteiger partial charge in [0.25, 0.3) is 5.91 Å². The van der Waals surface area contributed by atoms with Crippen LogP contribution in [0.3, 0.4) is 0 Å². The summed E-state index contributed by atoms with van der Waals surface area (Å²) in [7, 11) is 0. The van der Waals surface area contributed by atoms with E-state index in [0.717, 1.165) is 51.1 Å². The van der Waals surface area contributed by atoms with Gasteiger partial charge in [0.15, 0.2) is 0 Å². The van der Waals surface area contributed by atoms with E-state index < -0.39 is 0 Å². The van der Waals surface area contributed by atoms with Crippen LogP contribution in [0.5, 0.6) is 0 Å². The van der Waals surface area contributed by atoms with Crippen LogP contribution in [-0.2, 0) is 4.74 Å². The molecule has 5 nitrogen and oxygen atoms in total. The molecule has 1 aliphatic carbocycles. The number of carbonyl (C=O) groups is 1. The number of ether oxygens (including phenoxy) is 1. The third-order valence-electron chi connectivity index (χ3n) is 4.55. The molecule has 1 saturated carbocycles. The SMILES string of the molecule is CCOC1CC(NC(=O)c2cccn2C2CCNCC2)C1. The van der Waals surface area contributed by atoms with Crippen LogP contribution in [0.15, 0.2) is 18.3 Å². The van der Waals surface area contributed by atoms with Gasteiger partial charge in [0, 0.05) is 24.9 Å². The largest absolute Gasteiger partial charge is 0.378 e. The van der Waals surface area contributed by atoms with E-state index in [1.165, 1.54) is 0 Å². The Morgan fingerprint density at radius 1 is 1.43 bits per heavy atom. The van der Waals surface area contributed by atoms with E-state index in [1.807, 2.05) is 25.3 Å². The zero-order valence-corrected chi connectivity index (χ0v) is 12.7. The van der Waals surface area contributed by atoms with Crippen molar-refractivity contribution < 1.29 is 9.53 Å². The molecule has 0 atom stereocenters. The topological polar surface area (TPSA) is 55.3 Å². The van der Waals surface area contributed by atoms with Crippen molar-refractivity contribution >= 4 is 5.91 Å². The highest BCUT2D eigenvalue weighted by Gasteiger charge is 2.31. The molecule has 0 bridgehead atoms. The molecule has 3 rings (SSSR count). The normalized spacial score (nSPS) is 26.3. The molecule has 2 aliphatic rings. The number of rotatable bonds is 5. The highest BCUT2D eigenvalue weighted by atomic mass is 16.5. The quantitative estimate of drug-likeness (QED) is 0.868. The molecule has 116 valence electrons. The summed E-state index contributed by atoms with van der Waals surface area (Å²) in [4.78, 5) is 12.4. The summed E-state index contributed by atoms with van der Waals surface area (Å²) >= 11 is 0. The summed E-state index contributed by atoms with van der Waals surface area (Å²) in [5.74, 6) is 0.0541. The monoisotopic (exact) mass is 291 g/mol. The van der Waals surface area contributed by atoms with Crippen LogP contribution in [-0.4, -0.2) is 42.3 Å². The summed E-state index contributed by atoms with van der Waals surface area (Å²) in [5.41, 5.74) is 0.793. The van der Waals surface area contributed by atoms with E-state index >= 15 is 0 Å². The van der Waals surface area contributed by atoms with Crippen molar-refractivity contribution in [2.75, 3.05) is 19.7 Å². The average molecular weight is 291 g/mol. The summed E-state index contributed by atoms with van der Waals surface area (Å²) in [6.45, 7) is 4.83. The van der Waals surface area contributed by atoms with Crippen LogP contribution in [0.2, 0.25) is 0 Å². The summed E-state index contributed by atoms with van der Waals surface area (Å²) < 4.78 is 7.68. The van der Waals surface area contributed by atoms with Gasteiger partial charge in [-0.3, -0.25) is 4.79 Å². The first kappa shape index (κ1) is 14.6. The molecule has 0 spiro atoms. The van der Waals surface area contributed by atoms with Crippen molar-refractivity contribution in [1.29, 1.82) is 0 Å². The molecule has 1 aromatic rings. The van der Waals surface area contributed by atoms with Gasteiger partial charge in [-0.25, -0.2) is 0 Å². The number of nitrogens with one attached hydrogen (secondary N) is 2. The number of amides is 1. The van der Waals surface area contributed by atoms with Crippen molar-refractivity contribution in [3.63, 3.8) is 0 Å². The fourth-order valence-electron chi connectivity index (χ4n) is 3.30. The lowest BCUT2D eigenvalue weighted by Gasteiger charge is -2.35. The maximum Gasteiger partial charge on any atom is 0.268 e. The second kappa shape index (κ2) is 6.62. The van der Waals surface area contributed by atoms with E-state index in [-0.39, 0.29) is 11.9 Å². The van der Waals surface area contributed by atoms with Gasteiger partial charge in [-0.2, -0.15) is 0 Å². The molecular formula is C16H25N3O2. The first-order valence-electron chi connectivity index (χ1n) is 8.08. The summed E-state index contributed by atoms with van der Waals surface area (Å²) in [5, 5.41) is 6.50. The Morgan fingerprint density at radius 2 is 2.19 bits per heavy atom. The molecule has 2 fully saturated rings. The molecule has 0 aromatic carbocycles. The Kier molecular flexibility index (Phi) is 4.60. The maximum atomic E-state index is 12.4. The Balaban J connectivity index is 1.57. The highest BCUT2D eigenvalue weighted by molar-refractivity contribution is 5.93. The van der Waals surface area contributed by atoms with E-state index in [2.05, 4.69) is 15.2 Å². The third-order valence-corrected chi connectivity index (χ3v) is 4.55. The molecule has 2 N–H and O–H groups in total. The molecule has 0 radical (unpaired) electrons. The third kappa shape index (κ3) is 3.30. The number of hydrogen-bond donors (Lipinski definition) is 2. The van der Waals surface area contributed by atoms with Crippen molar-refractivity contribution in [2.24, 2.45) is 0 Å². The van der Waals surface area contributed by atoms with Crippen LogP contribution in [0.25, 0.3) is 0 Å². The molecular weight excluding hydrogens is 266 g/mol. The van der Waals surface area contributed by atoms with Crippen LogP contribution < -0.4 is 10.6 Å². The second-order valence-electron chi connectivity index (χ2n) is 6.00. The maximum absolute atomic E-state index is 12.4. The van der Waals surface area contributed by atoms with Crippen molar-refractivity contribution in [2.45, 2.75) is 50.8 Å². The Labute approximate surface area is 126 Å². The minimum atomic E-state index is 0.0541. The fourth-order valence-corrected chi connectivity index (χ4v) is 3.30. The van der Waals surface area contributed by atoms with E-state index in [4.69, 9.17) is 4.74 Å². The zero-order valence-electron chi connectivity index (χ0n) is 12.7. The van der Waals surface area contributed by atoms with E-state index in [1.54, 1.807) is 0 Å². The first-order valence-corrected chi connectivity index (χ1v) is 8.08. The Morgan fingerprint density at radius 3 is 2.90 bits per heavy atom. The predicted molar refractivity (Wildman–Crippen MR) is 81.5 cm³/mol. The molecule has 1 saturated heterocycles. The fraction of sp³-hybridized carbons (Fsp3) is 0.688. The van der Waals surface area contributed by atoms with Crippen molar-refractivity contribution in [3.8, 4) is 0 Å². The molecule has 2 heterocycles. The minimum Gasteiger partial charge on any atom is -0.378 e. The van der Waals surface area contributed by atoms with Crippen molar-refractivity contribution in [1.82, 2.24) is 15.2 Å². The second-order valence-corrected chi connectivity index (χ2v) is 6.00. The lowest BCUT2D eigenvalue weighted by molar-refractivity contribution is -0.00872. The lowest BCUT2D eigenvalue weighted by Crippen LogP contribution is -2.48. The van der Waals surface area contributed by atoms with Gasteiger partial charge >= 0.3 is 0 Å². The number of carbonyl (C=O) groups excluding carboxylic acids is 1. The predicted octanol–water partition coefficient (Wildman–Crippen LogP) is 1.71. The molecule has 21 heavy (non-hydrogen) atoms. The van der Waals surface area contributed by atoms with Gasteiger partial charge in [0.05, 0.1) is 6.10 Å². The van der Waals surface area contributed by atoms with Crippen LogP contribution in [0, 0.1) is 0 Å². The van der Waals surface area contributed by atoms with Gasteiger partial charge in [-0.15, -0.1) is 0 Å². The first-order chi connectivity index (χ1) is 10.3. The van der Waals surface area contributed by atoms with Crippen LogP contribution in [0.4, 0.5) is 0 Å². The van der Waals surface area contributed by atoms with Crippen LogP contribution >= 0.6 is 0 Å². The van der Waals surface area contributed by atoms with Gasteiger partial charge in [0.1, 0.15) is 5.69 Å². The van der Waals surface area contributed by atoms with Gasteiger partial charge in [-0.1, -0.05) is 0 Å². The molecule has 1 aromatic heterocycles. The number of piperidine rings is 1. The lowest BCUT2D eigenvalue weighted by atomic mass is 9.89. The minimum absolute atomic E-state index is 0.0541. The zero-order chi connectivity index (χ0) is 14.7.